The zero-order valence-corrected chi connectivity index (χ0v) is 27.6. The van der Waals surface area contributed by atoms with Crippen LogP contribution in [0.25, 0.3) is 0 Å². The molecule has 0 aliphatic carbocycles. The Balaban J connectivity index is 1.14. The van der Waals surface area contributed by atoms with E-state index in [1.807, 2.05) is 12.1 Å². The number of carbonyl (C=O) groups is 2. The third-order valence-electron chi connectivity index (χ3n) is 11.1. The molecular formula is C38H44BrN3O3. The standard InChI is InChI=1S/C38H44BrN3O3/c39-31-13-11-28(12-14-31)25-41-22-19-38(37(41)44)17-20-40(21-18-38)35(36(43)30-15-23-45-24-16-30)34-27-42(32-9-5-2-6-10-32)26-33(34)29-7-3-1-4-8-29/h1-14,30,33-35H,15-27H2/t33-,34-,35?/m1/s1. The maximum Gasteiger partial charge on any atom is 0.229 e. The Morgan fingerprint density at radius 2 is 1.49 bits per heavy atom. The smallest absolute Gasteiger partial charge is 0.229 e. The van der Waals surface area contributed by atoms with Crippen LogP contribution in [0.4, 0.5) is 5.69 Å². The van der Waals surface area contributed by atoms with Gasteiger partial charge in [0.2, 0.25) is 5.91 Å². The molecule has 0 bridgehead atoms. The quantitative estimate of drug-likeness (QED) is 0.272. The first-order valence-corrected chi connectivity index (χ1v) is 17.5. The Hall–Kier alpha value is -3.00. The van der Waals surface area contributed by atoms with E-state index in [2.05, 4.69) is 103 Å². The highest BCUT2D eigenvalue weighted by Gasteiger charge is 2.52. The van der Waals surface area contributed by atoms with Crippen LogP contribution >= 0.6 is 15.9 Å². The topological polar surface area (TPSA) is 53.1 Å². The van der Waals surface area contributed by atoms with Crippen LogP contribution in [0.2, 0.25) is 0 Å². The first-order valence-electron chi connectivity index (χ1n) is 16.7. The zero-order chi connectivity index (χ0) is 30.8. The fourth-order valence-corrected chi connectivity index (χ4v) is 8.75. The van der Waals surface area contributed by atoms with Crippen LogP contribution in [0.3, 0.4) is 0 Å². The molecule has 4 fully saturated rings. The minimum atomic E-state index is -0.303. The predicted octanol–water partition coefficient (Wildman–Crippen LogP) is 6.55. The first-order chi connectivity index (χ1) is 22.0. The first kappa shape index (κ1) is 30.6. The number of ether oxygens (including phenoxy) is 1. The van der Waals surface area contributed by atoms with Crippen molar-refractivity contribution in [3.05, 3.63) is 101 Å². The largest absolute Gasteiger partial charge is 0.381 e. The molecule has 4 aliphatic heterocycles. The molecule has 4 heterocycles. The average Bonchev–Trinajstić information content (AvgIpc) is 3.66. The lowest BCUT2D eigenvalue weighted by Crippen LogP contribution is -2.55. The maximum atomic E-state index is 14.7. The number of nitrogens with zero attached hydrogens (tertiary/aromatic N) is 3. The third kappa shape index (κ3) is 6.36. The molecule has 45 heavy (non-hydrogen) atoms. The number of rotatable bonds is 8. The number of hydrogen-bond donors (Lipinski definition) is 0. The molecule has 4 saturated heterocycles. The summed E-state index contributed by atoms with van der Waals surface area (Å²) in [7, 11) is 0. The lowest BCUT2D eigenvalue weighted by Gasteiger charge is -2.44. The molecule has 0 N–H and O–H groups in total. The fourth-order valence-electron chi connectivity index (χ4n) is 8.48. The summed E-state index contributed by atoms with van der Waals surface area (Å²) >= 11 is 3.52. The van der Waals surface area contributed by atoms with Crippen molar-refractivity contribution in [2.45, 2.75) is 50.6 Å². The fraction of sp³-hybridized carbons (Fsp3) is 0.474. The number of benzene rings is 3. The van der Waals surface area contributed by atoms with Gasteiger partial charge in [-0.1, -0.05) is 76.6 Å². The van der Waals surface area contributed by atoms with Crippen molar-refractivity contribution in [2.75, 3.05) is 50.8 Å². The van der Waals surface area contributed by atoms with Gasteiger partial charge in [0, 0.05) is 67.3 Å². The highest BCUT2D eigenvalue weighted by molar-refractivity contribution is 9.10. The summed E-state index contributed by atoms with van der Waals surface area (Å²) in [6.45, 7) is 6.14. The number of ketones is 1. The van der Waals surface area contributed by atoms with Crippen molar-refractivity contribution in [2.24, 2.45) is 17.3 Å². The van der Waals surface area contributed by atoms with E-state index in [0.29, 0.717) is 31.4 Å². The Labute approximate surface area is 275 Å². The van der Waals surface area contributed by atoms with Gasteiger partial charge >= 0.3 is 0 Å². The molecule has 7 rings (SSSR count). The van der Waals surface area contributed by atoms with E-state index >= 15 is 0 Å². The Morgan fingerprint density at radius 1 is 0.844 bits per heavy atom. The molecule has 1 unspecified atom stereocenters. The van der Waals surface area contributed by atoms with Crippen LogP contribution in [-0.4, -0.2) is 73.5 Å². The van der Waals surface area contributed by atoms with Crippen LogP contribution in [0.5, 0.6) is 0 Å². The van der Waals surface area contributed by atoms with Crippen LogP contribution in [0, 0.1) is 17.3 Å². The molecule has 0 radical (unpaired) electrons. The van der Waals surface area contributed by atoms with E-state index in [1.165, 1.54) is 16.8 Å². The minimum Gasteiger partial charge on any atom is -0.381 e. The highest BCUT2D eigenvalue weighted by Crippen LogP contribution is 2.45. The van der Waals surface area contributed by atoms with Gasteiger partial charge in [-0.25, -0.2) is 0 Å². The summed E-state index contributed by atoms with van der Waals surface area (Å²) in [5, 5.41) is 0. The summed E-state index contributed by atoms with van der Waals surface area (Å²) in [6, 6.07) is 29.6. The second kappa shape index (κ2) is 13.4. The van der Waals surface area contributed by atoms with Crippen LogP contribution in [-0.2, 0) is 20.9 Å². The lowest BCUT2D eigenvalue weighted by atomic mass is 9.73. The van der Waals surface area contributed by atoms with Gasteiger partial charge in [0.05, 0.1) is 11.5 Å². The SMILES string of the molecule is O=C(C1CCOCC1)C([C@@H]1CN(c2ccccc2)C[C@@H]1c1ccccc1)N1CCC2(CCN(Cc3ccc(Br)cc3)C2=O)CC1. The summed E-state index contributed by atoms with van der Waals surface area (Å²) in [5.74, 6) is 1.16. The van der Waals surface area contributed by atoms with Gasteiger partial charge in [-0.3, -0.25) is 14.5 Å². The van der Waals surface area contributed by atoms with E-state index in [9.17, 15) is 9.59 Å². The van der Waals surface area contributed by atoms with E-state index < -0.39 is 0 Å². The van der Waals surface area contributed by atoms with E-state index in [0.717, 1.165) is 69.3 Å². The van der Waals surface area contributed by atoms with Gasteiger partial charge in [0.25, 0.3) is 0 Å². The number of likely N-dealkylation sites (tertiary alicyclic amines) is 2. The molecule has 7 heteroatoms. The Kier molecular flexibility index (Phi) is 9.12. The zero-order valence-electron chi connectivity index (χ0n) is 26.0. The molecule has 236 valence electrons. The summed E-state index contributed by atoms with van der Waals surface area (Å²) in [5.41, 5.74) is 3.40. The molecule has 0 saturated carbocycles. The van der Waals surface area contributed by atoms with Crippen LogP contribution < -0.4 is 4.90 Å². The predicted molar refractivity (Wildman–Crippen MR) is 181 cm³/mol. The second-order valence-corrected chi connectivity index (χ2v) is 14.5. The summed E-state index contributed by atoms with van der Waals surface area (Å²) in [6.07, 6.45) is 4.17. The number of amides is 1. The summed E-state index contributed by atoms with van der Waals surface area (Å²) in [4.78, 5) is 35.6. The van der Waals surface area contributed by atoms with Crippen molar-refractivity contribution in [3.63, 3.8) is 0 Å². The molecule has 6 nitrogen and oxygen atoms in total. The normalized spacial score (nSPS) is 24.8. The monoisotopic (exact) mass is 669 g/mol. The van der Waals surface area contributed by atoms with E-state index in [4.69, 9.17) is 4.74 Å². The van der Waals surface area contributed by atoms with Crippen LogP contribution in [0.1, 0.15) is 49.1 Å². The van der Waals surface area contributed by atoms with Gasteiger partial charge in [0.15, 0.2) is 5.78 Å². The van der Waals surface area contributed by atoms with Crippen molar-refractivity contribution in [1.29, 1.82) is 0 Å². The molecule has 0 aromatic heterocycles. The third-order valence-corrected chi connectivity index (χ3v) is 11.6. The van der Waals surface area contributed by atoms with Gasteiger partial charge in [-0.15, -0.1) is 0 Å². The number of anilines is 1. The van der Waals surface area contributed by atoms with Gasteiger partial charge < -0.3 is 14.5 Å². The Morgan fingerprint density at radius 3 is 2.18 bits per heavy atom. The Bertz CT molecular complexity index is 1450. The number of hydrogen-bond acceptors (Lipinski definition) is 5. The number of halogens is 1. The molecule has 1 spiro atoms. The molecule has 1 amide bonds. The molecule has 3 aromatic rings. The summed E-state index contributed by atoms with van der Waals surface area (Å²) < 4.78 is 6.73. The van der Waals surface area contributed by atoms with Crippen molar-refractivity contribution >= 4 is 33.3 Å². The van der Waals surface area contributed by atoms with Gasteiger partial charge in [0.1, 0.15) is 0 Å². The van der Waals surface area contributed by atoms with Crippen molar-refractivity contribution in [1.82, 2.24) is 9.80 Å². The van der Waals surface area contributed by atoms with Crippen molar-refractivity contribution < 1.29 is 14.3 Å². The number of Topliss-reactive ketones (excluding diaryl/α,β-unsaturated/α-hetero) is 1. The minimum absolute atomic E-state index is 0.0383. The second-order valence-electron chi connectivity index (χ2n) is 13.6. The number of carbonyl (C=O) groups excluding carboxylic acids is 2. The lowest BCUT2D eigenvalue weighted by molar-refractivity contribution is -0.141. The van der Waals surface area contributed by atoms with Crippen LogP contribution in [0.15, 0.2) is 89.4 Å². The number of piperidine rings is 1. The average molecular weight is 671 g/mol. The molecular weight excluding hydrogens is 626 g/mol. The van der Waals surface area contributed by atoms with Gasteiger partial charge in [-0.05, 0) is 80.6 Å². The highest BCUT2D eigenvalue weighted by atomic mass is 79.9. The van der Waals surface area contributed by atoms with Gasteiger partial charge in [-0.2, -0.15) is 0 Å². The van der Waals surface area contributed by atoms with E-state index in [-0.39, 0.29) is 29.2 Å². The molecule has 3 aromatic carbocycles. The molecule has 3 atom stereocenters. The van der Waals surface area contributed by atoms with Crippen molar-refractivity contribution in [3.8, 4) is 0 Å². The van der Waals surface area contributed by atoms with E-state index in [1.54, 1.807) is 0 Å². The number of para-hydroxylation sites is 1. The maximum absolute atomic E-state index is 14.7. The molecule has 4 aliphatic rings.